The zero-order valence-electron chi connectivity index (χ0n) is 15.3. The van der Waals surface area contributed by atoms with Crippen LogP contribution in [0.3, 0.4) is 0 Å². The molecule has 1 fully saturated rings. The van der Waals surface area contributed by atoms with Crippen LogP contribution < -0.4 is 10.9 Å². The molecule has 8 heteroatoms. The summed E-state index contributed by atoms with van der Waals surface area (Å²) in [7, 11) is 0. The maximum Gasteiger partial charge on any atom is 0.262 e. The monoisotopic (exact) mass is 399 g/mol. The van der Waals surface area contributed by atoms with Gasteiger partial charge in [-0.3, -0.25) is 14.2 Å². The van der Waals surface area contributed by atoms with Crippen molar-refractivity contribution in [1.29, 1.82) is 0 Å². The van der Waals surface area contributed by atoms with Crippen LogP contribution in [-0.2, 0) is 16.1 Å². The van der Waals surface area contributed by atoms with E-state index in [-0.39, 0.29) is 29.9 Å². The zero-order chi connectivity index (χ0) is 19.3. The summed E-state index contributed by atoms with van der Waals surface area (Å²) in [5.41, 5.74) is 0.467. The Morgan fingerprint density at radius 1 is 1.29 bits per heavy atom. The third-order valence-corrected chi connectivity index (χ3v) is 5.58. The van der Waals surface area contributed by atoms with Crippen LogP contribution in [0.25, 0.3) is 10.9 Å². The van der Waals surface area contributed by atoms with Crippen LogP contribution in [0.15, 0.2) is 57.0 Å². The van der Waals surface area contributed by atoms with Gasteiger partial charge in [0.1, 0.15) is 5.76 Å². The lowest BCUT2D eigenvalue weighted by Gasteiger charge is -2.13. The van der Waals surface area contributed by atoms with E-state index < -0.39 is 0 Å². The van der Waals surface area contributed by atoms with Gasteiger partial charge in [-0.15, -0.1) is 0 Å². The molecule has 28 heavy (non-hydrogen) atoms. The van der Waals surface area contributed by atoms with Gasteiger partial charge >= 0.3 is 0 Å². The number of carbonyl (C=O) groups is 1. The van der Waals surface area contributed by atoms with Crippen LogP contribution in [0.2, 0.25) is 0 Å². The highest BCUT2D eigenvalue weighted by molar-refractivity contribution is 7.99. The maximum atomic E-state index is 13.0. The van der Waals surface area contributed by atoms with Crippen molar-refractivity contribution < 1.29 is 13.9 Å². The molecule has 146 valence electrons. The number of nitrogens with one attached hydrogen (secondary N) is 1. The number of furan rings is 1. The molecule has 4 rings (SSSR count). The molecular weight excluding hydrogens is 378 g/mol. The number of nitrogens with zero attached hydrogens (tertiary/aromatic N) is 2. The number of hydrogen-bond acceptors (Lipinski definition) is 6. The number of thioether (sulfide) groups is 1. The molecule has 0 radical (unpaired) electrons. The first kappa shape index (κ1) is 18.8. The summed E-state index contributed by atoms with van der Waals surface area (Å²) in [5.74, 6) is 0.728. The fraction of sp³-hybridized carbons (Fsp3) is 0.350. The molecule has 1 aromatic carbocycles. The zero-order valence-corrected chi connectivity index (χ0v) is 16.1. The summed E-state index contributed by atoms with van der Waals surface area (Å²) in [6, 6.07) is 10.8. The third-order valence-electron chi connectivity index (χ3n) is 4.60. The predicted molar refractivity (Wildman–Crippen MR) is 107 cm³/mol. The number of fused-ring (bicyclic) bond motifs is 1. The van der Waals surface area contributed by atoms with E-state index in [1.807, 2.05) is 18.2 Å². The predicted octanol–water partition coefficient (Wildman–Crippen LogP) is 2.43. The van der Waals surface area contributed by atoms with Gasteiger partial charge in [0, 0.05) is 13.2 Å². The van der Waals surface area contributed by atoms with Crippen LogP contribution in [0.4, 0.5) is 0 Å². The van der Waals surface area contributed by atoms with Gasteiger partial charge in [-0.1, -0.05) is 23.9 Å². The molecule has 2 aromatic heterocycles. The number of hydrogen-bond donors (Lipinski definition) is 1. The van der Waals surface area contributed by atoms with Crippen LogP contribution in [-0.4, -0.2) is 40.5 Å². The number of amides is 1. The van der Waals surface area contributed by atoms with E-state index in [0.29, 0.717) is 28.4 Å². The van der Waals surface area contributed by atoms with Gasteiger partial charge in [-0.05, 0) is 37.1 Å². The Labute approximate surface area is 166 Å². The van der Waals surface area contributed by atoms with E-state index in [1.54, 1.807) is 29.0 Å². The van der Waals surface area contributed by atoms with Gasteiger partial charge < -0.3 is 14.5 Å². The number of ether oxygens (including phenoxy) is 1. The fourth-order valence-electron chi connectivity index (χ4n) is 3.17. The van der Waals surface area contributed by atoms with Crippen molar-refractivity contribution in [3.63, 3.8) is 0 Å². The van der Waals surface area contributed by atoms with Crippen molar-refractivity contribution in [1.82, 2.24) is 14.9 Å². The summed E-state index contributed by atoms with van der Waals surface area (Å²) in [5, 5.41) is 3.93. The molecule has 3 aromatic rings. The van der Waals surface area contributed by atoms with Crippen LogP contribution >= 0.6 is 11.8 Å². The lowest BCUT2D eigenvalue weighted by Crippen LogP contribution is -2.33. The Kier molecular flexibility index (Phi) is 5.78. The maximum absolute atomic E-state index is 13.0. The number of rotatable bonds is 7. The first-order valence-electron chi connectivity index (χ1n) is 9.24. The Bertz CT molecular complexity index is 1010. The van der Waals surface area contributed by atoms with E-state index in [2.05, 4.69) is 10.3 Å². The highest BCUT2D eigenvalue weighted by Gasteiger charge is 2.17. The minimum absolute atomic E-state index is 0.102. The Hall–Kier alpha value is -2.58. The largest absolute Gasteiger partial charge is 0.467 e. The average molecular weight is 399 g/mol. The van der Waals surface area contributed by atoms with Crippen molar-refractivity contribution in [3.05, 3.63) is 58.8 Å². The summed E-state index contributed by atoms with van der Waals surface area (Å²) in [4.78, 5) is 29.8. The number of carbonyl (C=O) groups excluding carboxylic acids is 1. The smallest absolute Gasteiger partial charge is 0.262 e. The lowest BCUT2D eigenvalue weighted by molar-refractivity contribution is -0.119. The molecule has 0 spiro atoms. The van der Waals surface area contributed by atoms with Crippen LogP contribution in [0, 0.1) is 0 Å². The van der Waals surface area contributed by atoms with E-state index in [0.717, 1.165) is 19.4 Å². The van der Waals surface area contributed by atoms with Crippen molar-refractivity contribution >= 4 is 28.6 Å². The molecule has 0 bridgehead atoms. The molecule has 1 aliphatic rings. The topological polar surface area (TPSA) is 86.4 Å². The summed E-state index contributed by atoms with van der Waals surface area (Å²) in [6.07, 6.45) is 3.68. The molecule has 0 saturated carbocycles. The molecule has 3 heterocycles. The van der Waals surface area contributed by atoms with Crippen LogP contribution in [0.1, 0.15) is 18.6 Å². The second-order valence-electron chi connectivity index (χ2n) is 6.61. The Balaban J connectivity index is 1.52. The second-order valence-corrected chi connectivity index (χ2v) is 7.55. The van der Waals surface area contributed by atoms with Crippen molar-refractivity contribution in [2.24, 2.45) is 0 Å². The van der Waals surface area contributed by atoms with Gasteiger partial charge in [0.25, 0.3) is 5.56 Å². The standard InChI is InChI=1S/C20H21N3O4S/c24-18(21-11-14-5-3-9-26-14)13-28-20-22-17-8-2-1-7-16(17)19(25)23(20)12-15-6-4-10-27-15/h1-2,4,6-8,10,14H,3,5,9,11-13H2,(H,21,24)/t14-/m1/s1. The molecule has 1 atom stereocenters. The normalized spacial score (nSPS) is 16.5. The van der Waals surface area contributed by atoms with Gasteiger partial charge in [0.2, 0.25) is 5.91 Å². The Morgan fingerprint density at radius 3 is 2.96 bits per heavy atom. The van der Waals surface area contributed by atoms with E-state index >= 15 is 0 Å². The second kappa shape index (κ2) is 8.62. The SMILES string of the molecule is O=C(CSc1nc2ccccc2c(=O)n1Cc1ccco1)NC[C@H]1CCCO1. The summed E-state index contributed by atoms with van der Waals surface area (Å²) in [6.45, 7) is 1.54. The molecular formula is C20H21N3O4S. The lowest BCUT2D eigenvalue weighted by atomic mass is 10.2. The first-order valence-corrected chi connectivity index (χ1v) is 10.2. The van der Waals surface area contributed by atoms with E-state index in [1.165, 1.54) is 11.8 Å². The highest BCUT2D eigenvalue weighted by atomic mass is 32.2. The van der Waals surface area contributed by atoms with Crippen molar-refractivity contribution in [2.45, 2.75) is 30.6 Å². The molecule has 1 aliphatic heterocycles. The van der Waals surface area contributed by atoms with E-state index in [9.17, 15) is 9.59 Å². The first-order chi connectivity index (χ1) is 13.7. The third kappa shape index (κ3) is 4.28. The van der Waals surface area contributed by atoms with Crippen molar-refractivity contribution in [2.75, 3.05) is 18.9 Å². The van der Waals surface area contributed by atoms with Crippen molar-refractivity contribution in [3.8, 4) is 0 Å². The van der Waals surface area contributed by atoms with Gasteiger partial charge in [0.15, 0.2) is 5.16 Å². The number of benzene rings is 1. The Morgan fingerprint density at radius 2 is 2.18 bits per heavy atom. The average Bonchev–Trinajstić information content (AvgIpc) is 3.41. The van der Waals surface area contributed by atoms with Crippen LogP contribution in [0.5, 0.6) is 0 Å². The number of para-hydroxylation sites is 1. The molecule has 1 N–H and O–H groups in total. The number of aromatic nitrogens is 2. The molecule has 0 unspecified atom stereocenters. The quantitative estimate of drug-likeness (QED) is 0.485. The summed E-state index contributed by atoms with van der Waals surface area (Å²) < 4.78 is 12.5. The molecule has 0 aliphatic carbocycles. The van der Waals surface area contributed by atoms with Gasteiger partial charge in [-0.2, -0.15) is 0 Å². The molecule has 1 saturated heterocycles. The highest BCUT2D eigenvalue weighted by Crippen LogP contribution is 2.19. The summed E-state index contributed by atoms with van der Waals surface area (Å²) >= 11 is 1.25. The minimum atomic E-state index is -0.149. The van der Waals surface area contributed by atoms with Gasteiger partial charge in [0.05, 0.1) is 35.6 Å². The van der Waals surface area contributed by atoms with Gasteiger partial charge in [-0.25, -0.2) is 4.98 Å². The molecule has 7 nitrogen and oxygen atoms in total. The minimum Gasteiger partial charge on any atom is -0.467 e. The van der Waals surface area contributed by atoms with E-state index in [4.69, 9.17) is 9.15 Å². The molecule has 1 amide bonds. The fourth-order valence-corrected chi connectivity index (χ4v) is 4.00.